The number of hydrogen-bond acceptors (Lipinski definition) is 7. The van der Waals surface area contributed by atoms with Crippen molar-refractivity contribution in [1.29, 1.82) is 0 Å². The number of nitrogens with zero attached hydrogens (tertiary/aromatic N) is 3. The molecule has 206 valence electrons. The van der Waals surface area contributed by atoms with E-state index in [-0.39, 0.29) is 24.1 Å². The topological polar surface area (TPSA) is 136 Å². The summed E-state index contributed by atoms with van der Waals surface area (Å²) >= 11 is 0. The summed E-state index contributed by atoms with van der Waals surface area (Å²) < 4.78 is 12.5. The Morgan fingerprint density at radius 3 is 2.42 bits per heavy atom. The quantitative estimate of drug-likeness (QED) is 0.242. The van der Waals surface area contributed by atoms with Crippen LogP contribution in [0.25, 0.3) is 5.69 Å². The normalized spacial score (nSPS) is 10.6. The van der Waals surface area contributed by atoms with E-state index in [0.29, 0.717) is 34.3 Å². The van der Waals surface area contributed by atoms with E-state index in [0.717, 1.165) is 5.69 Å². The highest BCUT2D eigenvalue weighted by atomic mass is 16.5. The molecule has 2 heterocycles. The van der Waals surface area contributed by atoms with Gasteiger partial charge in [0, 0.05) is 31.1 Å². The summed E-state index contributed by atoms with van der Waals surface area (Å²) in [6, 6.07) is 18.1. The molecule has 0 aliphatic rings. The number of benzene rings is 2. The number of nitrogens with one attached hydrogen (secondary N) is 3. The van der Waals surface area contributed by atoms with Gasteiger partial charge in [-0.05, 0) is 61.4 Å². The van der Waals surface area contributed by atoms with Crippen LogP contribution < -0.4 is 20.7 Å². The first-order chi connectivity index (χ1) is 19.3. The number of esters is 1. The number of carbonyl (C=O) groups is 3. The van der Waals surface area contributed by atoms with E-state index in [2.05, 4.69) is 26.0 Å². The molecule has 40 heavy (non-hydrogen) atoms. The van der Waals surface area contributed by atoms with Crippen molar-refractivity contribution in [3.63, 3.8) is 0 Å². The Kier molecular flexibility index (Phi) is 8.75. The van der Waals surface area contributed by atoms with Crippen molar-refractivity contribution in [3.8, 4) is 17.2 Å². The Bertz CT molecular complexity index is 1510. The molecule has 4 rings (SSSR count). The molecule has 2 aromatic carbocycles. The van der Waals surface area contributed by atoms with E-state index in [1.807, 2.05) is 13.8 Å². The molecule has 3 N–H and O–H groups in total. The van der Waals surface area contributed by atoms with Crippen LogP contribution in [0.2, 0.25) is 0 Å². The highest BCUT2D eigenvalue weighted by Crippen LogP contribution is 2.25. The maximum atomic E-state index is 12.9. The van der Waals surface area contributed by atoms with Gasteiger partial charge in [-0.1, -0.05) is 19.9 Å². The molecule has 2 aromatic heterocycles. The number of hydrogen-bond donors (Lipinski definition) is 3. The van der Waals surface area contributed by atoms with Gasteiger partial charge < -0.3 is 20.1 Å². The fourth-order valence-corrected chi connectivity index (χ4v) is 3.69. The molecule has 0 unspecified atom stereocenters. The Morgan fingerprint density at radius 1 is 0.950 bits per heavy atom. The van der Waals surface area contributed by atoms with Gasteiger partial charge in [-0.15, -0.1) is 0 Å². The largest absolute Gasteiger partial charge is 0.462 e. The van der Waals surface area contributed by atoms with Gasteiger partial charge in [0.2, 0.25) is 0 Å². The Hall–Kier alpha value is -5.19. The molecule has 0 spiro atoms. The number of anilines is 2. The summed E-state index contributed by atoms with van der Waals surface area (Å²) in [5.41, 5.74) is 2.53. The van der Waals surface area contributed by atoms with E-state index in [1.165, 1.54) is 19.3 Å². The number of ether oxygens (including phenoxy) is 2. The molecular weight excluding hydrogens is 512 g/mol. The lowest BCUT2D eigenvalue weighted by atomic mass is 10.1. The monoisotopic (exact) mass is 542 g/mol. The zero-order chi connectivity index (χ0) is 28.6. The number of amides is 3. The summed E-state index contributed by atoms with van der Waals surface area (Å²) in [5.74, 6) is 0.764. The second kappa shape index (κ2) is 12.6. The SMILES string of the molecule is CCOC(=O)c1cccc(-n2nc(C(C)C)cc2NC(=O)Nc2ccc(Oc3ccnc(C(=O)NC)c3)cc2)c1. The van der Waals surface area contributed by atoms with Gasteiger partial charge in [0.25, 0.3) is 5.91 Å². The maximum Gasteiger partial charge on any atom is 0.338 e. The van der Waals surface area contributed by atoms with Crippen molar-refractivity contribution in [2.75, 3.05) is 24.3 Å². The second-order valence-corrected chi connectivity index (χ2v) is 8.95. The lowest BCUT2D eigenvalue weighted by Crippen LogP contribution is -2.21. The van der Waals surface area contributed by atoms with Gasteiger partial charge in [0.1, 0.15) is 23.0 Å². The van der Waals surface area contributed by atoms with Crippen LogP contribution >= 0.6 is 0 Å². The zero-order valence-corrected chi connectivity index (χ0v) is 22.6. The predicted octanol–water partition coefficient (Wildman–Crippen LogP) is 5.36. The summed E-state index contributed by atoms with van der Waals surface area (Å²) in [6.45, 7) is 6.02. The highest BCUT2D eigenvalue weighted by molar-refractivity contribution is 5.99. The van der Waals surface area contributed by atoms with Crippen molar-refractivity contribution in [2.24, 2.45) is 0 Å². The van der Waals surface area contributed by atoms with Crippen molar-refractivity contribution in [3.05, 3.63) is 89.9 Å². The molecule has 3 amide bonds. The highest BCUT2D eigenvalue weighted by Gasteiger charge is 2.16. The first-order valence-corrected chi connectivity index (χ1v) is 12.7. The molecule has 11 heteroatoms. The minimum Gasteiger partial charge on any atom is -0.462 e. The van der Waals surface area contributed by atoms with Crippen LogP contribution in [0.3, 0.4) is 0 Å². The first kappa shape index (κ1) is 27.8. The number of carbonyl (C=O) groups excluding carboxylic acids is 3. The third kappa shape index (κ3) is 6.81. The van der Waals surface area contributed by atoms with Crippen molar-refractivity contribution >= 4 is 29.4 Å². The lowest BCUT2D eigenvalue weighted by molar-refractivity contribution is 0.0526. The Labute approximate surface area is 231 Å². The number of aromatic nitrogens is 3. The van der Waals surface area contributed by atoms with Crippen LogP contribution in [0.4, 0.5) is 16.3 Å². The third-order valence-electron chi connectivity index (χ3n) is 5.70. The van der Waals surface area contributed by atoms with Crippen LogP contribution in [0.5, 0.6) is 11.5 Å². The van der Waals surface area contributed by atoms with E-state index < -0.39 is 12.0 Å². The zero-order valence-electron chi connectivity index (χ0n) is 22.6. The number of rotatable bonds is 9. The van der Waals surface area contributed by atoms with Crippen LogP contribution in [0.1, 0.15) is 53.2 Å². The summed E-state index contributed by atoms with van der Waals surface area (Å²) in [4.78, 5) is 40.9. The van der Waals surface area contributed by atoms with Crippen LogP contribution in [-0.4, -0.2) is 46.3 Å². The molecule has 0 atom stereocenters. The molecular formula is C29H30N6O5. The molecule has 0 aliphatic carbocycles. The summed E-state index contributed by atoms with van der Waals surface area (Å²) in [5, 5.41) is 12.8. The van der Waals surface area contributed by atoms with Crippen LogP contribution in [0, 0.1) is 0 Å². The number of urea groups is 1. The smallest absolute Gasteiger partial charge is 0.338 e. The van der Waals surface area contributed by atoms with Gasteiger partial charge in [0.15, 0.2) is 0 Å². The lowest BCUT2D eigenvalue weighted by Gasteiger charge is -2.12. The second-order valence-electron chi connectivity index (χ2n) is 8.95. The average Bonchev–Trinajstić information content (AvgIpc) is 3.38. The van der Waals surface area contributed by atoms with Gasteiger partial charge in [-0.3, -0.25) is 15.1 Å². The molecule has 0 saturated carbocycles. The fourth-order valence-electron chi connectivity index (χ4n) is 3.69. The van der Waals surface area contributed by atoms with E-state index in [9.17, 15) is 14.4 Å². The molecule has 4 aromatic rings. The van der Waals surface area contributed by atoms with Crippen molar-refractivity contribution in [1.82, 2.24) is 20.1 Å². The molecule has 11 nitrogen and oxygen atoms in total. The molecule has 0 saturated heterocycles. The summed E-state index contributed by atoms with van der Waals surface area (Å²) in [7, 11) is 1.53. The van der Waals surface area contributed by atoms with Gasteiger partial charge in [-0.2, -0.15) is 5.10 Å². The molecule has 0 aliphatic heterocycles. The van der Waals surface area contributed by atoms with Gasteiger partial charge in [0.05, 0.1) is 23.6 Å². The average molecular weight is 543 g/mol. The summed E-state index contributed by atoms with van der Waals surface area (Å²) in [6.07, 6.45) is 1.49. The molecule has 0 bridgehead atoms. The minimum atomic E-state index is -0.476. The van der Waals surface area contributed by atoms with Crippen LogP contribution in [0.15, 0.2) is 72.9 Å². The van der Waals surface area contributed by atoms with E-state index >= 15 is 0 Å². The third-order valence-corrected chi connectivity index (χ3v) is 5.70. The van der Waals surface area contributed by atoms with Crippen molar-refractivity contribution in [2.45, 2.75) is 26.7 Å². The number of pyridine rings is 1. The van der Waals surface area contributed by atoms with Crippen molar-refractivity contribution < 1.29 is 23.9 Å². The first-order valence-electron chi connectivity index (χ1n) is 12.7. The predicted molar refractivity (Wildman–Crippen MR) is 150 cm³/mol. The van der Waals surface area contributed by atoms with Crippen LogP contribution in [-0.2, 0) is 4.74 Å². The Morgan fingerprint density at radius 2 is 1.73 bits per heavy atom. The van der Waals surface area contributed by atoms with Gasteiger partial charge in [-0.25, -0.2) is 14.3 Å². The van der Waals surface area contributed by atoms with E-state index in [1.54, 1.807) is 72.3 Å². The van der Waals surface area contributed by atoms with Gasteiger partial charge >= 0.3 is 12.0 Å². The van der Waals surface area contributed by atoms with E-state index in [4.69, 9.17) is 9.47 Å². The standard InChI is InChI=1S/C29H30N6O5/c1-5-39-28(37)19-7-6-8-21(15-19)35-26(17-24(34-35)18(2)3)33-29(38)32-20-9-11-22(12-10-20)40-23-13-14-31-25(16-23)27(36)30-4/h6-18H,5H2,1-4H3,(H,30,36)(H2,32,33,38). The molecule has 0 radical (unpaired) electrons. The fraction of sp³-hybridized carbons (Fsp3) is 0.207. The minimum absolute atomic E-state index is 0.110. The molecule has 0 fully saturated rings. The Balaban J connectivity index is 1.47. The maximum absolute atomic E-state index is 12.9.